The first-order valence-corrected chi connectivity index (χ1v) is 8.49. The summed E-state index contributed by atoms with van der Waals surface area (Å²) in [5, 5.41) is 10.3. The molecule has 0 bridgehead atoms. The molecule has 2 rings (SSSR count). The van der Waals surface area contributed by atoms with Gasteiger partial charge in [0.05, 0.1) is 18.1 Å². The van der Waals surface area contributed by atoms with Crippen molar-refractivity contribution in [2.24, 2.45) is 17.3 Å². The third-order valence-corrected chi connectivity index (χ3v) is 5.57. The largest absolute Gasteiger partial charge is 0.390 e. The molecule has 2 atom stereocenters. The number of hydrogen-bond donors (Lipinski definition) is 1. The molecule has 1 N–H and O–H groups in total. The Labute approximate surface area is 133 Å². The van der Waals surface area contributed by atoms with Gasteiger partial charge in [0.15, 0.2) is 0 Å². The fourth-order valence-electron chi connectivity index (χ4n) is 3.35. The molecule has 2 aliphatic heterocycles. The molecule has 0 saturated carbocycles. The van der Waals surface area contributed by atoms with E-state index in [4.69, 9.17) is 0 Å². The first-order valence-electron chi connectivity index (χ1n) is 8.49. The number of aliphatic hydroxyl groups is 1. The van der Waals surface area contributed by atoms with E-state index in [2.05, 4.69) is 11.8 Å². The van der Waals surface area contributed by atoms with Gasteiger partial charge in [-0.25, -0.2) is 0 Å². The molecule has 0 aromatic rings. The van der Waals surface area contributed by atoms with E-state index >= 15 is 0 Å². The van der Waals surface area contributed by atoms with Gasteiger partial charge in [0.2, 0.25) is 11.8 Å². The van der Waals surface area contributed by atoms with Crippen molar-refractivity contribution in [1.29, 1.82) is 0 Å². The summed E-state index contributed by atoms with van der Waals surface area (Å²) in [4.78, 5) is 28.2. The molecular weight excluding hydrogens is 280 g/mol. The zero-order chi connectivity index (χ0) is 16.5. The molecular formula is C17H30N2O3. The first kappa shape index (κ1) is 17.4. The quantitative estimate of drug-likeness (QED) is 0.782. The number of nitrogens with zero attached hydrogens (tertiary/aromatic N) is 2. The maximum Gasteiger partial charge on any atom is 0.235 e. The summed E-state index contributed by atoms with van der Waals surface area (Å²) in [6.45, 7) is 10.7. The third kappa shape index (κ3) is 3.51. The monoisotopic (exact) mass is 310 g/mol. The van der Waals surface area contributed by atoms with Gasteiger partial charge >= 0.3 is 0 Å². The highest BCUT2D eigenvalue weighted by Gasteiger charge is 2.50. The predicted molar refractivity (Wildman–Crippen MR) is 85.1 cm³/mol. The van der Waals surface area contributed by atoms with Gasteiger partial charge in [-0.05, 0) is 44.7 Å². The lowest BCUT2D eigenvalue weighted by Crippen LogP contribution is -2.45. The standard InChI is InChI=1S/C17H30N2O3/c1-12(2)17(4)9-15(21)19(16(17)22)11-14(20)10-18-7-5-13(3)6-8-18/h12-14,20H,5-11H2,1-4H3. The third-order valence-electron chi connectivity index (χ3n) is 5.57. The normalized spacial score (nSPS) is 29.6. The fraction of sp³-hybridized carbons (Fsp3) is 0.882. The predicted octanol–water partition coefficient (Wildman–Crippen LogP) is 1.50. The Kier molecular flexibility index (Phi) is 5.28. The molecule has 0 aromatic heterocycles. The van der Waals surface area contributed by atoms with E-state index in [0.29, 0.717) is 6.54 Å². The van der Waals surface area contributed by atoms with Gasteiger partial charge < -0.3 is 10.0 Å². The summed E-state index contributed by atoms with van der Waals surface area (Å²) in [5.41, 5.74) is -0.614. The highest BCUT2D eigenvalue weighted by atomic mass is 16.3. The Hall–Kier alpha value is -0.940. The Morgan fingerprint density at radius 3 is 2.32 bits per heavy atom. The molecule has 5 heteroatoms. The number of rotatable bonds is 5. The molecule has 2 aliphatic rings. The lowest BCUT2D eigenvalue weighted by atomic mass is 9.78. The highest BCUT2D eigenvalue weighted by Crippen LogP contribution is 2.39. The maximum absolute atomic E-state index is 12.5. The zero-order valence-electron chi connectivity index (χ0n) is 14.3. The fourth-order valence-corrected chi connectivity index (χ4v) is 3.35. The van der Waals surface area contributed by atoms with Crippen LogP contribution in [-0.2, 0) is 9.59 Å². The van der Waals surface area contributed by atoms with E-state index < -0.39 is 11.5 Å². The number of β-amino-alcohol motifs (C(OH)–C–C–N with tert-alkyl or cyclic N) is 1. The van der Waals surface area contributed by atoms with E-state index in [-0.39, 0.29) is 30.7 Å². The second-order valence-electron chi connectivity index (χ2n) is 7.70. The highest BCUT2D eigenvalue weighted by molar-refractivity contribution is 6.05. The molecule has 0 radical (unpaired) electrons. The molecule has 2 heterocycles. The molecule has 2 amide bonds. The lowest BCUT2D eigenvalue weighted by molar-refractivity contribution is -0.143. The zero-order valence-corrected chi connectivity index (χ0v) is 14.3. The Balaban J connectivity index is 1.90. The summed E-state index contributed by atoms with van der Waals surface area (Å²) < 4.78 is 0. The van der Waals surface area contributed by atoms with E-state index in [9.17, 15) is 14.7 Å². The summed E-state index contributed by atoms with van der Waals surface area (Å²) in [6, 6.07) is 0. The van der Waals surface area contributed by atoms with Crippen LogP contribution in [-0.4, -0.2) is 59.0 Å². The Morgan fingerprint density at radius 2 is 1.82 bits per heavy atom. The molecule has 0 aromatic carbocycles. The number of likely N-dealkylation sites (tertiary alicyclic amines) is 2. The van der Waals surface area contributed by atoms with Crippen molar-refractivity contribution < 1.29 is 14.7 Å². The van der Waals surface area contributed by atoms with Crippen LogP contribution in [0.3, 0.4) is 0 Å². The number of carbonyl (C=O) groups excluding carboxylic acids is 2. The topological polar surface area (TPSA) is 60.9 Å². The van der Waals surface area contributed by atoms with Gasteiger partial charge in [-0.1, -0.05) is 20.8 Å². The summed E-state index contributed by atoms with van der Waals surface area (Å²) in [7, 11) is 0. The summed E-state index contributed by atoms with van der Waals surface area (Å²) in [6.07, 6.45) is 1.91. The molecule has 2 saturated heterocycles. The summed E-state index contributed by atoms with van der Waals surface area (Å²) in [5.74, 6) is 0.600. The Morgan fingerprint density at radius 1 is 1.23 bits per heavy atom. The van der Waals surface area contributed by atoms with E-state index in [1.807, 2.05) is 20.8 Å². The number of carbonyl (C=O) groups is 2. The van der Waals surface area contributed by atoms with Gasteiger partial charge in [-0.15, -0.1) is 0 Å². The van der Waals surface area contributed by atoms with Crippen LogP contribution in [0.2, 0.25) is 0 Å². The van der Waals surface area contributed by atoms with Crippen LogP contribution < -0.4 is 0 Å². The number of hydrogen-bond acceptors (Lipinski definition) is 4. The molecule has 2 unspecified atom stereocenters. The van der Waals surface area contributed by atoms with Crippen LogP contribution in [0.5, 0.6) is 0 Å². The summed E-state index contributed by atoms with van der Waals surface area (Å²) >= 11 is 0. The van der Waals surface area contributed by atoms with Gasteiger partial charge in [0, 0.05) is 13.0 Å². The molecule has 0 aliphatic carbocycles. The number of piperidine rings is 1. The van der Waals surface area contributed by atoms with Crippen molar-refractivity contribution in [1.82, 2.24) is 9.80 Å². The van der Waals surface area contributed by atoms with Crippen molar-refractivity contribution in [2.45, 2.75) is 53.1 Å². The molecule has 0 spiro atoms. The number of imide groups is 1. The number of aliphatic hydroxyl groups excluding tert-OH is 1. The van der Waals surface area contributed by atoms with Crippen LogP contribution in [0, 0.1) is 17.3 Å². The van der Waals surface area contributed by atoms with Crippen molar-refractivity contribution in [2.75, 3.05) is 26.2 Å². The van der Waals surface area contributed by atoms with Gasteiger partial charge in [-0.3, -0.25) is 14.5 Å². The van der Waals surface area contributed by atoms with Crippen LogP contribution in [0.25, 0.3) is 0 Å². The van der Waals surface area contributed by atoms with Crippen LogP contribution in [0.15, 0.2) is 0 Å². The SMILES string of the molecule is CC1CCN(CC(O)CN2C(=O)CC(C)(C(C)C)C2=O)CC1. The van der Waals surface area contributed by atoms with Crippen molar-refractivity contribution >= 4 is 11.8 Å². The lowest BCUT2D eigenvalue weighted by Gasteiger charge is -2.32. The molecule has 22 heavy (non-hydrogen) atoms. The van der Waals surface area contributed by atoms with Crippen molar-refractivity contribution in [3.05, 3.63) is 0 Å². The van der Waals surface area contributed by atoms with E-state index in [0.717, 1.165) is 31.8 Å². The van der Waals surface area contributed by atoms with Crippen LogP contribution >= 0.6 is 0 Å². The average Bonchev–Trinajstić information content (AvgIpc) is 2.66. The first-order chi connectivity index (χ1) is 10.2. The maximum atomic E-state index is 12.5. The second kappa shape index (κ2) is 6.67. The molecule has 126 valence electrons. The molecule has 2 fully saturated rings. The van der Waals surface area contributed by atoms with Crippen molar-refractivity contribution in [3.63, 3.8) is 0 Å². The number of amides is 2. The molecule has 5 nitrogen and oxygen atoms in total. The van der Waals surface area contributed by atoms with E-state index in [1.54, 1.807) is 0 Å². The van der Waals surface area contributed by atoms with Gasteiger partial charge in [-0.2, -0.15) is 0 Å². The van der Waals surface area contributed by atoms with Crippen LogP contribution in [0.1, 0.15) is 47.0 Å². The smallest absolute Gasteiger partial charge is 0.235 e. The van der Waals surface area contributed by atoms with Crippen molar-refractivity contribution in [3.8, 4) is 0 Å². The Bertz CT molecular complexity index is 430. The van der Waals surface area contributed by atoms with Gasteiger partial charge in [0.1, 0.15) is 0 Å². The van der Waals surface area contributed by atoms with Gasteiger partial charge in [0.25, 0.3) is 0 Å². The average molecular weight is 310 g/mol. The minimum atomic E-state index is -0.657. The van der Waals surface area contributed by atoms with E-state index in [1.165, 1.54) is 4.90 Å². The minimum absolute atomic E-state index is 0.120. The van der Waals surface area contributed by atoms with Crippen LogP contribution in [0.4, 0.5) is 0 Å². The second-order valence-corrected chi connectivity index (χ2v) is 7.70. The minimum Gasteiger partial charge on any atom is -0.390 e.